The molecule has 1 aromatic rings. The second-order valence-corrected chi connectivity index (χ2v) is 4.77. The zero-order valence-electron chi connectivity index (χ0n) is 3.53. The molecule has 0 atom stereocenters. The van der Waals surface area contributed by atoms with E-state index in [9.17, 15) is 0 Å². The molecule has 1 aromatic heterocycles. The first-order chi connectivity index (χ1) is 3.50. The van der Waals surface area contributed by atoms with Gasteiger partial charge in [-0.05, 0) is 9.34 Å². The predicted molar refractivity (Wildman–Crippen MR) is 37.7 cm³/mol. The molecule has 0 bridgehead atoms. The third-order valence-corrected chi connectivity index (χ3v) is 3.70. The van der Waals surface area contributed by atoms with Gasteiger partial charge in [0.15, 0.2) is 0 Å². The molecule has 3 heteroatoms. The van der Waals surface area contributed by atoms with Gasteiger partial charge in [0.2, 0.25) is 0 Å². The number of hydrogen-bond acceptors (Lipinski definition) is 3. The Bertz CT molecular complexity index is 94.9. The largest absolute Gasteiger partial charge is 0.0779 e. The average Bonchev–Trinajstić information content (AvgIpc) is 1.90. The molecule has 0 aromatic carbocycles. The minimum absolute atomic E-state index is 1.75. The van der Waals surface area contributed by atoms with Crippen molar-refractivity contribution in [1.29, 1.82) is 0 Å². The van der Waals surface area contributed by atoms with Crippen LogP contribution in [0.5, 0.6) is 0 Å². The topological polar surface area (TPSA) is 0 Å². The van der Waals surface area contributed by atoms with E-state index in [1.54, 1.807) is 30.0 Å². The molecule has 0 radical (unpaired) electrons. The minimum atomic E-state index is 1.75. The zero-order valence-corrected chi connectivity index (χ0v) is 5.98. The van der Waals surface area contributed by atoms with E-state index in [-0.39, 0.29) is 0 Å². The van der Waals surface area contributed by atoms with E-state index < -0.39 is 0 Å². The molecule has 0 aliphatic heterocycles. The van der Waals surface area contributed by atoms with Crippen molar-refractivity contribution in [3.63, 3.8) is 0 Å². The van der Waals surface area contributed by atoms with Crippen molar-refractivity contribution in [2.24, 2.45) is 0 Å². The van der Waals surface area contributed by atoms with Crippen LogP contribution in [0.25, 0.3) is 0 Å². The second-order valence-electron chi connectivity index (χ2n) is 0.918. The van der Waals surface area contributed by atoms with Crippen molar-refractivity contribution in [2.45, 2.75) is 0 Å². The zero-order chi connectivity index (χ0) is 4.95. The Hall–Kier alpha value is 0.140. The average molecular weight is 148 g/mol. The molecule has 0 amide bonds. The lowest BCUT2D eigenvalue weighted by atomic mass is 10.7. The van der Waals surface area contributed by atoms with Crippen LogP contribution in [-0.2, 0) is 0 Å². The Morgan fingerprint density at radius 1 is 0.857 bits per heavy atom. The van der Waals surface area contributed by atoms with Gasteiger partial charge in [0, 0.05) is 10.8 Å². The Labute approximate surface area is 53.2 Å². The van der Waals surface area contributed by atoms with E-state index in [0.717, 1.165) is 0 Å². The van der Waals surface area contributed by atoms with Crippen LogP contribution in [0.1, 0.15) is 0 Å². The van der Waals surface area contributed by atoms with E-state index in [1.165, 1.54) is 0 Å². The fourth-order valence-electron chi connectivity index (χ4n) is 0.223. The molecule has 7 heavy (non-hydrogen) atoms. The van der Waals surface area contributed by atoms with E-state index in [2.05, 4.69) is 10.8 Å². The number of hydrogen-bond donors (Lipinski definition) is 0. The van der Waals surface area contributed by atoms with Gasteiger partial charge in [0.05, 0.1) is 0 Å². The highest BCUT2D eigenvalue weighted by Gasteiger charge is 1.60. The van der Waals surface area contributed by atoms with Crippen LogP contribution in [0.4, 0.5) is 0 Å². The first-order valence-electron chi connectivity index (χ1n) is 1.80. The van der Waals surface area contributed by atoms with Crippen molar-refractivity contribution >= 4 is 30.0 Å². The molecular formula is C4H4S3. The molecular weight excluding hydrogens is 144 g/mol. The van der Waals surface area contributed by atoms with E-state index in [4.69, 9.17) is 0 Å². The fraction of sp³-hybridized carbons (Fsp3) is 0. The molecule has 38 valence electrons. The van der Waals surface area contributed by atoms with E-state index >= 15 is 0 Å². The van der Waals surface area contributed by atoms with Crippen LogP contribution in [0.2, 0.25) is 0 Å². The summed E-state index contributed by atoms with van der Waals surface area (Å²) >= 11 is 0. The highest BCUT2D eigenvalue weighted by atomic mass is 33.2. The molecule has 0 unspecified atom stereocenters. The smallest absolute Gasteiger partial charge is 0.00218 e. The van der Waals surface area contributed by atoms with Crippen molar-refractivity contribution < 1.29 is 0 Å². The van der Waals surface area contributed by atoms with Gasteiger partial charge in [-0.15, -0.1) is 0 Å². The Morgan fingerprint density at radius 2 is 1.43 bits per heavy atom. The standard InChI is InChI=1S/C4H4S3/c1-2-4-6-7-5-3-1/h1-4H. The minimum Gasteiger partial charge on any atom is -0.0779 e. The molecule has 0 nitrogen and oxygen atoms in total. The molecule has 0 N–H and O–H groups in total. The van der Waals surface area contributed by atoms with Gasteiger partial charge in [0.25, 0.3) is 0 Å². The van der Waals surface area contributed by atoms with Gasteiger partial charge in [-0.25, -0.2) is 0 Å². The van der Waals surface area contributed by atoms with Gasteiger partial charge < -0.3 is 0 Å². The van der Waals surface area contributed by atoms with Crippen molar-refractivity contribution in [3.8, 4) is 0 Å². The van der Waals surface area contributed by atoms with Crippen molar-refractivity contribution in [2.75, 3.05) is 0 Å². The summed E-state index contributed by atoms with van der Waals surface area (Å²) in [5, 5.41) is 4.14. The first kappa shape index (κ1) is 5.28. The Kier molecular flexibility index (Phi) is 2.40. The SMILES string of the molecule is c1ccsssc1. The monoisotopic (exact) mass is 148 g/mol. The summed E-state index contributed by atoms with van der Waals surface area (Å²) in [5.74, 6) is 0. The first-order valence-corrected chi connectivity index (χ1v) is 5.41. The summed E-state index contributed by atoms with van der Waals surface area (Å²) in [7, 11) is 5.28. The van der Waals surface area contributed by atoms with Gasteiger partial charge in [-0.1, -0.05) is 32.8 Å². The normalized spacial score (nSPS) is 8.00. The maximum Gasteiger partial charge on any atom is 0.00218 e. The van der Waals surface area contributed by atoms with Crippen LogP contribution < -0.4 is 0 Å². The quantitative estimate of drug-likeness (QED) is 0.496. The molecule has 1 heterocycles. The summed E-state index contributed by atoms with van der Waals surface area (Å²) in [5.41, 5.74) is 0. The molecule has 0 spiro atoms. The van der Waals surface area contributed by atoms with Crippen LogP contribution in [-0.4, -0.2) is 0 Å². The summed E-state index contributed by atoms with van der Waals surface area (Å²) in [6, 6.07) is 4.08. The molecule has 0 aliphatic carbocycles. The molecule has 0 fully saturated rings. The highest BCUT2D eigenvalue weighted by Crippen LogP contribution is 2.07. The van der Waals surface area contributed by atoms with Crippen LogP contribution in [0.15, 0.2) is 22.9 Å². The highest BCUT2D eigenvalue weighted by molar-refractivity contribution is 7.93. The van der Waals surface area contributed by atoms with Crippen LogP contribution in [0.3, 0.4) is 0 Å². The summed E-state index contributed by atoms with van der Waals surface area (Å²) < 4.78 is 0. The van der Waals surface area contributed by atoms with E-state index in [1.807, 2.05) is 12.1 Å². The van der Waals surface area contributed by atoms with Crippen LogP contribution >= 0.6 is 30.0 Å². The lowest BCUT2D eigenvalue weighted by molar-refractivity contribution is 1.99. The molecule has 0 saturated carbocycles. The van der Waals surface area contributed by atoms with Crippen molar-refractivity contribution in [3.05, 3.63) is 22.9 Å². The van der Waals surface area contributed by atoms with Crippen LogP contribution in [0, 0.1) is 0 Å². The molecule has 1 rings (SSSR count). The summed E-state index contributed by atoms with van der Waals surface area (Å²) in [4.78, 5) is 0. The predicted octanol–water partition coefficient (Wildman–Crippen LogP) is 3.00. The summed E-state index contributed by atoms with van der Waals surface area (Å²) in [6.45, 7) is 0. The summed E-state index contributed by atoms with van der Waals surface area (Å²) in [6.07, 6.45) is 0. The molecule has 0 saturated heterocycles. The third-order valence-electron chi connectivity index (χ3n) is 0.458. The van der Waals surface area contributed by atoms with Crippen molar-refractivity contribution in [1.82, 2.24) is 0 Å². The Balaban J connectivity index is 3.06. The van der Waals surface area contributed by atoms with Gasteiger partial charge in [0.1, 0.15) is 0 Å². The number of rotatable bonds is 0. The third kappa shape index (κ3) is 2.06. The Morgan fingerprint density at radius 3 is 2.00 bits per heavy atom. The van der Waals surface area contributed by atoms with Gasteiger partial charge in [-0.2, -0.15) is 0 Å². The maximum absolute atomic E-state index is 2.07. The van der Waals surface area contributed by atoms with Gasteiger partial charge in [-0.3, -0.25) is 0 Å². The maximum atomic E-state index is 2.07. The lowest BCUT2D eigenvalue weighted by Crippen LogP contribution is -1.27. The van der Waals surface area contributed by atoms with E-state index in [0.29, 0.717) is 0 Å². The fourth-order valence-corrected chi connectivity index (χ4v) is 2.69. The lowest BCUT2D eigenvalue weighted by Gasteiger charge is -1.51. The second kappa shape index (κ2) is 3.18. The molecule has 0 aliphatic rings. The van der Waals surface area contributed by atoms with Gasteiger partial charge >= 0.3 is 0 Å².